The van der Waals surface area contributed by atoms with Crippen molar-refractivity contribution in [2.75, 3.05) is 12.1 Å². The average Bonchev–Trinajstić information content (AvgIpc) is 2.85. The zero-order valence-corrected chi connectivity index (χ0v) is 14.5. The lowest BCUT2D eigenvalue weighted by Gasteiger charge is -2.15. The van der Waals surface area contributed by atoms with Crippen molar-refractivity contribution in [3.8, 4) is 5.75 Å². The van der Waals surface area contributed by atoms with E-state index in [1.165, 1.54) is 5.01 Å². The Hall–Kier alpha value is -2.59. The van der Waals surface area contributed by atoms with Gasteiger partial charge in [0.2, 0.25) is 0 Å². The van der Waals surface area contributed by atoms with Crippen molar-refractivity contribution in [3.63, 3.8) is 0 Å². The molecule has 0 spiro atoms. The van der Waals surface area contributed by atoms with Crippen LogP contribution >= 0.6 is 11.6 Å². The van der Waals surface area contributed by atoms with Gasteiger partial charge in [-0.15, -0.1) is 0 Å². The van der Waals surface area contributed by atoms with Crippen LogP contribution in [0, 0.1) is 6.92 Å². The highest BCUT2D eigenvalue weighted by Crippen LogP contribution is 2.31. The molecule has 0 bridgehead atoms. The van der Waals surface area contributed by atoms with Gasteiger partial charge < -0.3 is 4.74 Å². The molecule has 0 fully saturated rings. The Kier molecular flexibility index (Phi) is 4.40. The van der Waals surface area contributed by atoms with Crippen LogP contribution in [0.25, 0.3) is 6.08 Å². The number of rotatable bonds is 3. The molecule has 5 heteroatoms. The van der Waals surface area contributed by atoms with E-state index in [2.05, 4.69) is 5.10 Å². The number of hydrogen-bond acceptors (Lipinski definition) is 3. The summed E-state index contributed by atoms with van der Waals surface area (Å²) in [6, 6.07) is 13.0. The van der Waals surface area contributed by atoms with Crippen molar-refractivity contribution in [1.82, 2.24) is 0 Å². The molecule has 0 atom stereocenters. The summed E-state index contributed by atoms with van der Waals surface area (Å²) in [5.41, 5.74) is 3.63. The number of amides is 1. The first-order chi connectivity index (χ1) is 11.5. The van der Waals surface area contributed by atoms with Crippen LogP contribution in [0.1, 0.15) is 18.1 Å². The molecule has 1 heterocycles. The number of benzene rings is 2. The molecular formula is C19H17ClN2O2. The minimum Gasteiger partial charge on any atom is -0.497 e. The first-order valence-electron chi connectivity index (χ1n) is 7.52. The molecule has 2 aromatic carbocycles. The third kappa shape index (κ3) is 2.93. The minimum absolute atomic E-state index is 0.166. The molecule has 0 saturated heterocycles. The summed E-state index contributed by atoms with van der Waals surface area (Å²) in [6.45, 7) is 3.70. The van der Waals surface area contributed by atoms with Gasteiger partial charge in [0, 0.05) is 5.02 Å². The maximum Gasteiger partial charge on any atom is 0.280 e. The fourth-order valence-electron chi connectivity index (χ4n) is 2.57. The van der Waals surface area contributed by atoms with Gasteiger partial charge in [-0.05, 0) is 55.3 Å². The van der Waals surface area contributed by atoms with Gasteiger partial charge in [-0.2, -0.15) is 10.1 Å². The topological polar surface area (TPSA) is 41.9 Å². The lowest BCUT2D eigenvalue weighted by atomic mass is 10.1. The van der Waals surface area contributed by atoms with E-state index in [9.17, 15) is 4.79 Å². The summed E-state index contributed by atoms with van der Waals surface area (Å²) in [6.07, 6.45) is 1.82. The van der Waals surface area contributed by atoms with Crippen LogP contribution < -0.4 is 9.75 Å². The lowest BCUT2D eigenvalue weighted by Crippen LogP contribution is -2.22. The standard InChI is InChI=1S/C19H17ClN2O2/c1-12-17(20)8-5-9-18(12)22-19(23)16(13(2)21-22)11-14-6-4-7-15(10-14)24-3/h4-11H,1-3H3/b16-11+. The van der Waals surface area contributed by atoms with Crippen LogP contribution in [-0.4, -0.2) is 18.7 Å². The van der Waals surface area contributed by atoms with Gasteiger partial charge in [0.05, 0.1) is 24.1 Å². The molecule has 1 amide bonds. The van der Waals surface area contributed by atoms with Crippen molar-refractivity contribution < 1.29 is 9.53 Å². The largest absolute Gasteiger partial charge is 0.497 e. The Morgan fingerprint density at radius 1 is 1.17 bits per heavy atom. The number of hydrogen-bond donors (Lipinski definition) is 0. The quantitative estimate of drug-likeness (QED) is 0.774. The Balaban J connectivity index is 1.98. The summed E-state index contributed by atoms with van der Waals surface area (Å²) < 4.78 is 5.22. The van der Waals surface area contributed by atoms with Gasteiger partial charge in [0.1, 0.15) is 5.75 Å². The van der Waals surface area contributed by atoms with Crippen molar-refractivity contribution in [3.05, 3.63) is 64.2 Å². The Labute approximate surface area is 146 Å². The number of anilines is 1. The summed E-state index contributed by atoms with van der Waals surface area (Å²) in [7, 11) is 1.61. The molecule has 3 rings (SSSR count). The second-order valence-electron chi connectivity index (χ2n) is 5.52. The molecule has 122 valence electrons. The van der Waals surface area contributed by atoms with E-state index >= 15 is 0 Å². The second-order valence-corrected chi connectivity index (χ2v) is 5.93. The number of hydrazone groups is 1. The van der Waals surface area contributed by atoms with Crippen LogP contribution in [0.3, 0.4) is 0 Å². The van der Waals surface area contributed by atoms with E-state index in [1.54, 1.807) is 13.2 Å². The molecule has 24 heavy (non-hydrogen) atoms. The highest BCUT2D eigenvalue weighted by atomic mass is 35.5. The summed E-state index contributed by atoms with van der Waals surface area (Å²) >= 11 is 6.16. The van der Waals surface area contributed by atoms with Crippen LogP contribution in [-0.2, 0) is 4.79 Å². The highest BCUT2D eigenvalue weighted by Gasteiger charge is 2.29. The Morgan fingerprint density at radius 3 is 2.67 bits per heavy atom. The van der Waals surface area contributed by atoms with Crippen LogP contribution in [0.4, 0.5) is 5.69 Å². The molecule has 2 aromatic rings. The van der Waals surface area contributed by atoms with Crippen LogP contribution in [0.5, 0.6) is 5.75 Å². The molecule has 0 radical (unpaired) electrons. The van der Waals surface area contributed by atoms with Gasteiger partial charge in [0.15, 0.2) is 0 Å². The molecular weight excluding hydrogens is 324 g/mol. The molecule has 4 nitrogen and oxygen atoms in total. The third-order valence-corrected chi connectivity index (χ3v) is 4.34. The fraction of sp³-hybridized carbons (Fsp3) is 0.158. The molecule has 0 aromatic heterocycles. The average molecular weight is 341 g/mol. The van der Waals surface area contributed by atoms with Gasteiger partial charge in [-0.25, -0.2) is 0 Å². The fourth-order valence-corrected chi connectivity index (χ4v) is 2.74. The maximum atomic E-state index is 12.8. The Morgan fingerprint density at radius 2 is 1.92 bits per heavy atom. The zero-order chi connectivity index (χ0) is 17.3. The monoisotopic (exact) mass is 340 g/mol. The second kappa shape index (κ2) is 6.49. The molecule has 1 aliphatic rings. The normalized spacial score (nSPS) is 15.8. The number of methoxy groups -OCH3 is 1. The van der Waals surface area contributed by atoms with Gasteiger partial charge in [-0.1, -0.05) is 29.8 Å². The minimum atomic E-state index is -0.166. The SMILES string of the molecule is COc1cccc(/C=C2/C(=O)N(c3cccc(Cl)c3C)N=C2C)c1. The lowest BCUT2D eigenvalue weighted by molar-refractivity contribution is -0.114. The number of halogens is 1. The predicted molar refractivity (Wildman–Crippen MR) is 97.8 cm³/mol. The smallest absolute Gasteiger partial charge is 0.280 e. The molecule has 0 unspecified atom stereocenters. The van der Waals surface area contributed by atoms with Crippen LogP contribution in [0.15, 0.2) is 53.1 Å². The first kappa shape index (κ1) is 16.3. The van der Waals surface area contributed by atoms with Gasteiger partial charge in [0.25, 0.3) is 5.91 Å². The van der Waals surface area contributed by atoms with E-state index in [1.807, 2.05) is 56.3 Å². The number of carbonyl (C=O) groups is 1. The van der Waals surface area contributed by atoms with Crippen molar-refractivity contribution in [1.29, 1.82) is 0 Å². The van der Waals surface area contributed by atoms with Gasteiger partial charge in [-0.3, -0.25) is 4.79 Å². The molecule has 0 saturated carbocycles. The first-order valence-corrected chi connectivity index (χ1v) is 7.90. The maximum absolute atomic E-state index is 12.8. The summed E-state index contributed by atoms with van der Waals surface area (Å²) in [5, 5.41) is 6.42. The molecule has 0 N–H and O–H groups in total. The van der Waals surface area contributed by atoms with E-state index < -0.39 is 0 Å². The van der Waals surface area contributed by atoms with E-state index in [4.69, 9.17) is 16.3 Å². The number of nitrogens with zero attached hydrogens (tertiary/aromatic N) is 2. The molecule has 1 aliphatic heterocycles. The van der Waals surface area contributed by atoms with Crippen molar-refractivity contribution >= 4 is 35.0 Å². The zero-order valence-electron chi connectivity index (χ0n) is 13.7. The molecule has 0 aliphatic carbocycles. The highest BCUT2D eigenvalue weighted by molar-refractivity contribution is 6.34. The van der Waals surface area contributed by atoms with Crippen molar-refractivity contribution in [2.45, 2.75) is 13.8 Å². The van der Waals surface area contributed by atoms with E-state index in [0.717, 1.165) is 16.9 Å². The van der Waals surface area contributed by atoms with E-state index in [0.29, 0.717) is 22.0 Å². The number of ether oxygens (including phenoxy) is 1. The van der Waals surface area contributed by atoms with Crippen LogP contribution in [0.2, 0.25) is 5.02 Å². The third-order valence-electron chi connectivity index (χ3n) is 3.93. The Bertz CT molecular complexity index is 871. The van der Waals surface area contributed by atoms with Gasteiger partial charge >= 0.3 is 0 Å². The predicted octanol–water partition coefficient (Wildman–Crippen LogP) is 4.46. The number of carbonyl (C=O) groups excluding carboxylic acids is 1. The summed E-state index contributed by atoms with van der Waals surface area (Å²) in [4.78, 5) is 12.8. The summed E-state index contributed by atoms with van der Waals surface area (Å²) in [5.74, 6) is 0.576. The van der Waals surface area contributed by atoms with Crippen molar-refractivity contribution in [2.24, 2.45) is 5.10 Å². The van der Waals surface area contributed by atoms with E-state index in [-0.39, 0.29) is 5.91 Å².